The molecule has 1 unspecified atom stereocenters. The zero-order valence-electron chi connectivity index (χ0n) is 19.9. The van der Waals surface area contributed by atoms with Crippen LogP contribution in [0.5, 0.6) is 0 Å². The molecular weight excluding hydrogens is 418 g/mol. The van der Waals surface area contributed by atoms with Crippen molar-refractivity contribution in [3.05, 3.63) is 60.2 Å². The Morgan fingerprint density at radius 1 is 1.24 bits per heavy atom. The fourth-order valence-electron chi connectivity index (χ4n) is 3.90. The van der Waals surface area contributed by atoms with Crippen LogP contribution in [0.2, 0.25) is 0 Å². The number of amides is 2. The molecule has 1 saturated heterocycles. The van der Waals surface area contributed by atoms with Gasteiger partial charge in [0.15, 0.2) is 12.0 Å². The third kappa shape index (κ3) is 7.19. The Bertz CT molecular complexity index is 852. The van der Waals surface area contributed by atoms with Gasteiger partial charge >= 0.3 is 0 Å². The first-order chi connectivity index (χ1) is 15.8. The molecule has 0 saturated carbocycles. The minimum atomic E-state index is -1.39. The van der Waals surface area contributed by atoms with Gasteiger partial charge in [-0.1, -0.05) is 74.9 Å². The maximum Gasteiger partial charge on any atom is 0.246 e. The number of aliphatic hydroxyl groups excluding tert-OH is 1. The fraction of sp³-hybridized carbons (Fsp3) is 0.500. The van der Waals surface area contributed by atoms with Crippen molar-refractivity contribution in [2.75, 3.05) is 6.54 Å². The molecular formula is C26H37N3O4. The van der Waals surface area contributed by atoms with E-state index in [1.807, 2.05) is 57.2 Å². The quantitative estimate of drug-likeness (QED) is 0.497. The van der Waals surface area contributed by atoms with Crippen LogP contribution in [0.1, 0.15) is 52.0 Å². The van der Waals surface area contributed by atoms with Crippen LogP contribution in [0.15, 0.2) is 54.6 Å². The van der Waals surface area contributed by atoms with Crippen molar-refractivity contribution in [3.63, 3.8) is 0 Å². The summed E-state index contributed by atoms with van der Waals surface area (Å²) < 4.78 is 0. The SMILES string of the molecule is C/C=C/C=C/CC(=O)C(O)N1CCC[C@H]1C(=O)N(Cc1ccccc1)C(=O)[C@@H](N)[C@@H](C)CC. The standard InChI is InChI=1S/C26H37N3O4/c1-4-6-7-11-16-22(30)25(32)28-17-12-15-21(28)24(31)29(18-20-13-9-8-10-14-20)26(33)23(27)19(3)5-2/h4,6-11,13-14,19,21,23,25,32H,5,12,15-18,27H2,1-3H3/b6-4+,11-7+/t19-,21-,23-,25?/m0/s1. The Kier molecular flexibility index (Phi) is 10.6. The van der Waals surface area contributed by atoms with Crippen molar-refractivity contribution in [3.8, 4) is 0 Å². The van der Waals surface area contributed by atoms with Crippen molar-refractivity contribution in [1.29, 1.82) is 0 Å². The second-order valence-electron chi connectivity index (χ2n) is 8.55. The van der Waals surface area contributed by atoms with Crippen LogP contribution >= 0.6 is 0 Å². The number of nitrogens with zero attached hydrogens (tertiary/aromatic N) is 2. The van der Waals surface area contributed by atoms with Crippen molar-refractivity contribution in [1.82, 2.24) is 9.80 Å². The summed E-state index contributed by atoms with van der Waals surface area (Å²) in [4.78, 5) is 42.1. The third-order valence-corrected chi connectivity index (χ3v) is 6.20. The summed E-state index contributed by atoms with van der Waals surface area (Å²) in [6, 6.07) is 7.72. The first kappa shape index (κ1) is 26.6. The van der Waals surface area contributed by atoms with Crippen LogP contribution in [0, 0.1) is 5.92 Å². The fourth-order valence-corrected chi connectivity index (χ4v) is 3.90. The van der Waals surface area contributed by atoms with Crippen LogP contribution in [-0.4, -0.2) is 57.4 Å². The van der Waals surface area contributed by atoms with Gasteiger partial charge in [0.25, 0.3) is 0 Å². The minimum Gasteiger partial charge on any atom is -0.371 e. The van der Waals surface area contributed by atoms with E-state index in [-0.39, 0.29) is 24.7 Å². The molecule has 2 rings (SSSR count). The summed E-state index contributed by atoms with van der Waals surface area (Å²) in [5.41, 5.74) is 7.02. The molecule has 1 aliphatic rings. The second kappa shape index (κ2) is 13.2. The van der Waals surface area contributed by atoms with Gasteiger partial charge in [-0.05, 0) is 31.2 Å². The normalized spacial score (nSPS) is 19.6. The zero-order valence-corrected chi connectivity index (χ0v) is 19.9. The topological polar surface area (TPSA) is 104 Å². The lowest BCUT2D eigenvalue weighted by molar-refractivity contribution is -0.154. The number of hydrogen-bond acceptors (Lipinski definition) is 6. The van der Waals surface area contributed by atoms with Crippen LogP contribution in [0.25, 0.3) is 0 Å². The lowest BCUT2D eigenvalue weighted by atomic mass is 9.98. The molecule has 1 fully saturated rings. The zero-order chi connectivity index (χ0) is 24.4. The van der Waals surface area contributed by atoms with Crippen LogP contribution in [0.3, 0.4) is 0 Å². The summed E-state index contributed by atoms with van der Waals surface area (Å²) in [5.74, 6) is -1.32. The van der Waals surface area contributed by atoms with E-state index in [1.165, 1.54) is 9.80 Å². The van der Waals surface area contributed by atoms with Gasteiger partial charge in [0.2, 0.25) is 11.8 Å². The van der Waals surface area contributed by atoms with Gasteiger partial charge in [0, 0.05) is 13.0 Å². The molecule has 0 radical (unpaired) electrons. The van der Waals surface area contributed by atoms with Crippen LogP contribution < -0.4 is 5.73 Å². The second-order valence-corrected chi connectivity index (χ2v) is 8.55. The molecule has 1 heterocycles. The highest BCUT2D eigenvalue weighted by molar-refractivity contribution is 6.00. The van der Waals surface area contributed by atoms with E-state index >= 15 is 0 Å². The molecule has 0 spiro atoms. The van der Waals surface area contributed by atoms with Crippen molar-refractivity contribution in [2.45, 2.75) is 71.3 Å². The van der Waals surface area contributed by atoms with Gasteiger partial charge in [-0.2, -0.15) is 0 Å². The summed E-state index contributed by atoms with van der Waals surface area (Å²) in [7, 11) is 0. The van der Waals surface area contributed by atoms with Gasteiger partial charge in [-0.3, -0.25) is 24.2 Å². The highest BCUT2D eigenvalue weighted by Crippen LogP contribution is 2.24. The van der Waals surface area contributed by atoms with E-state index < -0.39 is 30.1 Å². The number of nitrogens with two attached hydrogens (primary N) is 1. The molecule has 1 aromatic rings. The molecule has 3 N–H and O–H groups in total. The molecule has 2 amide bonds. The number of benzene rings is 1. The van der Waals surface area contributed by atoms with Gasteiger partial charge in [-0.25, -0.2) is 0 Å². The Morgan fingerprint density at radius 2 is 1.94 bits per heavy atom. The molecule has 4 atom stereocenters. The van der Waals surface area contributed by atoms with Crippen LogP contribution in [0.4, 0.5) is 0 Å². The van der Waals surface area contributed by atoms with E-state index in [1.54, 1.807) is 18.2 Å². The maximum atomic E-state index is 13.6. The summed E-state index contributed by atoms with van der Waals surface area (Å²) in [5, 5.41) is 10.7. The highest BCUT2D eigenvalue weighted by Gasteiger charge is 2.41. The van der Waals surface area contributed by atoms with Crippen LogP contribution in [-0.2, 0) is 20.9 Å². The predicted octanol–water partition coefficient (Wildman–Crippen LogP) is 2.79. The first-order valence-corrected chi connectivity index (χ1v) is 11.7. The Balaban J connectivity index is 2.24. The summed E-state index contributed by atoms with van der Waals surface area (Å²) >= 11 is 0. The number of rotatable bonds is 11. The Hall–Kier alpha value is -2.61. The number of aliphatic hydroxyl groups is 1. The number of likely N-dealkylation sites (tertiary alicyclic amines) is 1. The highest BCUT2D eigenvalue weighted by atomic mass is 16.3. The first-order valence-electron chi connectivity index (χ1n) is 11.7. The molecule has 180 valence electrons. The lowest BCUT2D eigenvalue weighted by Gasteiger charge is -2.33. The Morgan fingerprint density at radius 3 is 2.58 bits per heavy atom. The summed E-state index contributed by atoms with van der Waals surface area (Å²) in [6.07, 6.45) is 7.56. The molecule has 1 aliphatic heterocycles. The van der Waals surface area contributed by atoms with Gasteiger partial charge in [0.1, 0.15) is 0 Å². The number of carbonyl (C=O) groups is 3. The number of Topliss-reactive ketones (excluding diaryl/α,β-unsaturated/α-hetero) is 1. The number of carbonyl (C=O) groups excluding carboxylic acids is 3. The third-order valence-electron chi connectivity index (χ3n) is 6.20. The average molecular weight is 456 g/mol. The largest absolute Gasteiger partial charge is 0.371 e. The van der Waals surface area contributed by atoms with E-state index in [4.69, 9.17) is 5.73 Å². The molecule has 7 nitrogen and oxygen atoms in total. The molecule has 0 aliphatic carbocycles. The maximum absolute atomic E-state index is 13.6. The number of imide groups is 1. The number of hydrogen-bond donors (Lipinski definition) is 2. The number of allylic oxidation sites excluding steroid dienone is 4. The van der Waals surface area contributed by atoms with E-state index in [0.717, 1.165) is 5.56 Å². The van der Waals surface area contributed by atoms with E-state index in [0.29, 0.717) is 25.8 Å². The van der Waals surface area contributed by atoms with Crippen molar-refractivity contribution < 1.29 is 19.5 Å². The minimum absolute atomic E-state index is 0.0640. The predicted molar refractivity (Wildman–Crippen MR) is 129 cm³/mol. The smallest absolute Gasteiger partial charge is 0.246 e. The lowest BCUT2D eigenvalue weighted by Crippen LogP contribution is -2.56. The van der Waals surface area contributed by atoms with Gasteiger partial charge in [-0.15, -0.1) is 0 Å². The average Bonchev–Trinajstić information content (AvgIpc) is 3.33. The molecule has 1 aromatic carbocycles. The van der Waals surface area contributed by atoms with E-state index in [9.17, 15) is 19.5 Å². The van der Waals surface area contributed by atoms with Gasteiger partial charge < -0.3 is 10.8 Å². The van der Waals surface area contributed by atoms with Crippen molar-refractivity contribution in [2.24, 2.45) is 11.7 Å². The van der Waals surface area contributed by atoms with Crippen molar-refractivity contribution >= 4 is 17.6 Å². The van der Waals surface area contributed by atoms with Gasteiger partial charge in [0.05, 0.1) is 18.6 Å². The summed E-state index contributed by atoms with van der Waals surface area (Å²) in [6.45, 7) is 6.22. The number of ketones is 1. The molecule has 0 bridgehead atoms. The van der Waals surface area contributed by atoms with E-state index in [2.05, 4.69) is 0 Å². The molecule has 7 heteroatoms. The monoisotopic (exact) mass is 455 g/mol. The molecule has 33 heavy (non-hydrogen) atoms. The Labute approximate surface area is 196 Å². The molecule has 0 aromatic heterocycles.